The zero-order valence-electron chi connectivity index (χ0n) is 21.5. The van der Waals surface area contributed by atoms with E-state index in [1.807, 2.05) is 11.0 Å². The number of Topliss-reactive ketones (excluding diaryl/α,β-unsaturated/α-hetero) is 1. The van der Waals surface area contributed by atoms with Crippen molar-refractivity contribution in [3.63, 3.8) is 0 Å². The molecule has 0 bridgehead atoms. The number of nitrogens with zero attached hydrogens (tertiary/aromatic N) is 4. The Hall–Kier alpha value is -3.39. The van der Waals surface area contributed by atoms with Crippen LogP contribution in [-0.4, -0.2) is 59.3 Å². The van der Waals surface area contributed by atoms with Gasteiger partial charge in [-0.25, -0.2) is 4.39 Å². The van der Waals surface area contributed by atoms with Gasteiger partial charge in [0.2, 0.25) is 5.91 Å². The Morgan fingerprint density at radius 2 is 2.00 bits per heavy atom. The van der Waals surface area contributed by atoms with E-state index in [1.165, 1.54) is 12.1 Å². The van der Waals surface area contributed by atoms with Gasteiger partial charge in [0.25, 0.3) is 0 Å². The van der Waals surface area contributed by atoms with Gasteiger partial charge in [-0.2, -0.15) is 0 Å². The van der Waals surface area contributed by atoms with E-state index < -0.39 is 5.82 Å². The molecular formula is C29H34FN5O2. The fraction of sp³-hybridized carbons (Fsp3) is 0.448. The number of ketones is 1. The highest BCUT2D eigenvalue weighted by molar-refractivity contribution is 6.08. The Labute approximate surface area is 216 Å². The summed E-state index contributed by atoms with van der Waals surface area (Å²) in [6.07, 6.45) is 9.12. The van der Waals surface area contributed by atoms with E-state index in [4.69, 9.17) is 5.73 Å². The minimum absolute atomic E-state index is 0.0163. The van der Waals surface area contributed by atoms with Gasteiger partial charge in [0.05, 0.1) is 23.9 Å². The number of carbonyl (C=O) groups is 2. The van der Waals surface area contributed by atoms with Crippen LogP contribution in [0.1, 0.15) is 60.0 Å². The first kappa shape index (κ1) is 25.3. The first-order valence-corrected chi connectivity index (χ1v) is 13.1. The number of halogens is 1. The van der Waals surface area contributed by atoms with Crippen molar-refractivity contribution in [2.75, 3.05) is 31.6 Å². The number of hydrogen-bond donors (Lipinski definition) is 1. The van der Waals surface area contributed by atoms with Gasteiger partial charge in [-0.1, -0.05) is 6.92 Å². The van der Waals surface area contributed by atoms with Crippen LogP contribution in [0.25, 0.3) is 10.9 Å². The number of benzene rings is 1. The molecule has 0 unspecified atom stereocenters. The first-order chi connectivity index (χ1) is 17.8. The van der Waals surface area contributed by atoms with Gasteiger partial charge in [-0.05, 0) is 72.9 Å². The molecule has 2 N–H and O–H groups in total. The number of amides is 1. The van der Waals surface area contributed by atoms with E-state index in [1.54, 1.807) is 36.6 Å². The number of fused-ring (bicyclic) bond motifs is 1. The van der Waals surface area contributed by atoms with Gasteiger partial charge in [0, 0.05) is 55.9 Å². The molecule has 2 aliphatic rings. The van der Waals surface area contributed by atoms with Crippen LogP contribution >= 0.6 is 0 Å². The second kappa shape index (κ2) is 10.5. The minimum atomic E-state index is -0.439. The molecule has 1 amide bonds. The number of likely N-dealkylation sites (N-methyl/N-ethyl adjacent to an activating group) is 1. The quantitative estimate of drug-likeness (QED) is 0.527. The lowest BCUT2D eigenvalue weighted by Gasteiger charge is -2.32. The third-order valence-electron chi connectivity index (χ3n) is 7.83. The van der Waals surface area contributed by atoms with Crippen molar-refractivity contribution in [1.29, 1.82) is 0 Å². The molecule has 5 rings (SSSR count). The fourth-order valence-electron chi connectivity index (χ4n) is 5.94. The Morgan fingerprint density at radius 1 is 1.16 bits per heavy atom. The molecule has 8 heteroatoms. The summed E-state index contributed by atoms with van der Waals surface area (Å²) in [5.41, 5.74) is 9.73. The molecule has 37 heavy (non-hydrogen) atoms. The summed E-state index contributed by atoms with van der Waals surface area (Å²) >= 11 is 0. The number of nitrogens with two attached hydrogens (primary N) is 1. The largest absolute Gasteiger partial charge is 0.361 e. The molecular weight excluding hydrogens is 469 g/mol. The van der Waals surface area contributed by atoms with E-state index in [-0.39, 0.29) is 36.1 Å². The van der Waals surface area contributed by atoms with E-state index in [0.29, 0.717) is 41.7 Å². The maximum Gasteiger partial charge on any atom is 0.241 e. The fourth-order valence-corrected chi connectivity index (χ4v) is 5.94. The summed E-state index contributed by atoms with van der Waals surface area (Å²) in [5.74, 6) is 0.281. The van der Waals surface area contributed by atoms with E-state index in [2.05, 4.69) is 16.9 Å². The maximum absolute atomic E-state index is 14.9. The van der Waals surface area contributed by atoms with Gasteiger partial charge < -0.3 is 15.5 Å². The number of anilines is 1. The summed E-state index contributed by atoms with van der Waals surface area (Å²) in [7, 11) is 1.79. The summed E-state index contributed by atoms with van der Waals surface area (Å²) < 4.78 is 14.9. The van der Waals surface area contributed by atoms with Crippen LogP contribution in [0.3, 0.4) is 0 Å². The van der Waals surface area contributed by atoms with Crippen molar-refractivity contribution in [3.8, 4) is 0 Å². The average molecular weight is 504 g/mol. The van der Waals surface area contributed by atoms with Crippen molar-refractivity contribution in [3.05, 3.63) is 65.4 Å². The van der Waals surface area contributed by atoms with Crippen LogP contribution in [0, 0.1) is 11.7 Å². The lowest BCUT2D eigenvalue weighted by Crippen LogP contribution is -2.34. The molecule has 2 aromatic heterocycles. The molecule has 1 saturated heterocycles. The Balaban J connectivity index is 1.43. The third-order valence-corrected chi connectivity index (χ3v) is 7.83. The van der Waals surface area contributed by atoms with Crippen molar-refractivity contribution in [2.24, 2.45) is 11.7 Å². The van der Waals surface area contributed by atoms with Crippen molar-refractivity contribution >= 4 is 28.3 Å². The highest BCUT2D eigenvalue weighted by Gasteiger charge is 2.28. The zero-order chi connectivity index (χ0) is 26.1. The molecule has 1 aromatic carbocycles. The van der Waals surface area contributed by atoms with Crippen LogP contribution < -0.4 is 10.6 Å². The van der Waals surface area contributed by atoms with Crippen LogP contribution in [-0.2, 0) is 11.2 Å². The number of aromatic nitrogens is 2. The molecule has 3 heterocycles. The standard InChI is InChI=1S/C29H34FN5O2/c1-18-10-19(12-21(31)11-18)23-6-7-32-15-20(23)13-27(36)24-4-5-26(30)25-14-22(16-33-29(24)25)35-9-3-8-34(2)28(37)17-35/h4-7,14-16,18-19,21H,3,8-13,17,31H2,1-2H3/t18-,19+,21-/m0/s1. The highest BCUT2D eigenvalue weighted by atomic mass is 19.1. The zero-order valence-corrected chi connectivity index (χ0v) is 21.5. The average Bonchev–Trinajstić information content (AvgIpc) is 3.04. The molecule has 7 nitrogen and oxygen atoms in total. The van der Waals surface area contributed by atoms with Crippen LogP contribution in [0.4, 0.5) is 10.1 Å². The van der Waals surface area contributed by atoms with Gasteiger partial charge in [0.15, 0.2) is 5.78 Å². The first-order valence-electron chi connectivity index (χ1n) is 13.1. The number of carbonyl (C=O) groups excluding carboxylic acids is 2. The molecule has 1 aliphatic heterocycles. The normalized spacial score (nSPS) is 22.8. The molecule has 2 fully saturated rings. The van der Waals surface area contributed by atoms with Crippen molar-refractivity contribution in [1.82, 2.24) is 14.9 Å². The van der Waals surface area contributed by atoms with Crippen LogP contribution in [0.2, 0.25) is 0 Å². The maximum atomic E-state index is 14.9. The van der Waals surface area contributed by atoms with Gasteiger partial charge in [0.1, 0.15) is 5.82 Å². The summed E-state index contributed by atoms with van der Waals surface area (Å²) in [4.78, 5) is 38.3. The molecule has 0 spiro atoms. The Morgan fingerprint density at radius 3 is 2.81 bits per heavy atom. The second-order valence-electron chi connectivity index (χ2n) is 10.7. The van der Waals surface area contributed by atoms with Crippen molar-refractivity contribution in [2.45, 2.75) is 51.0 Å². The Kier molecular flexibility index (Phi) is 7.20. The second-order valence-corrected chi connectivity index (χ2v) is 10.7. The van der Waals surface area contributed by atoms with Crippen LogP contribution in [0.15, 0.2) is 42.9 Å². The van der Waals surface area contributed by atoms with E-state index in [0.717, 1.165) is 36.8 Å². The SMILES string of the molecule is C[C@@H]1C[C@H](N)C[C@H](c2ccncc2CC(=O)c2ccc(F)c3cc(N4CCCN(C)C(=O)C4)cnc23)C1. The molecule has 0 radical (unpaired) electrons. The predicted molar refractivity (Wildman–Crippen MR) is 142 cm³/mol. The van der Waals surface area contributed by atoms with E-state index in [9.17, 15) is 14.0 Å². The smallest absolute Gasteiger partial charge is 0.241 e. The summed E-state index contributed by atoms with van der Waals surface area (Å²) in [5, 5.41) is 0.284. The van der Waals surface area contributed by atoms with Crippen molar-refractivity contribution < 1.29 is 14.0 Å². The molecule has 194 valence electrons. The van der Waals surface area contributed by atoms with E-state index >= 15 is 0 Å². The Bertz CT molecular complexity index is 1320. The molecule has 1 saturated carbocycles. The molecule has 3 atom stereocenters. The van der Waals surface area contributed by atoms with Gasteiger partial charge in [-0.3, -0.25) is 19.6 Å². The number of pyridine rings is 2. The topological polar surface area (TPSA) is 92.4 Å². The number of hydrogen-bond acceptors (Lipinski definition) is 6. The van der Waals surface area contributed by atoms with Crippen LogP contribution in [0.5, 0.6) is 0 Å². The van der Waals surface area contributed by atoms with Gasteiger partial charge >= 0.3 is 0 Å². The lowest BCUT2D eigenvalue weighted by molar-refractivity contribution is -0.127. The molecule has 3 aromatic rings. The third kappa shape index (κ3) is 5.34. The predicted octanol–water partition coefficient (Wildman–Crippen LogP) is 4.09. The molecule has 1 aliphatic carbocycles. The monoisotopic (exact) mass is 503 g/mol. The lowest BCUT2D eigenvalue weighted by atomic mass is 9.75. The minimum Gasteiger partial charge on any atom is -0.361 e. The number of rotatable bonds is 5. The summed E-state index contributed by atoms with van der Waals surface area (Å²) in [6.45, 7) is 3.81. The summed E-state index contributed by atoms with van der Waals surface area (Å²) in [6, 6.07) is 6.71. The highest BCUT2D eigenvalue weighted by Crippen LogP contribution is 2.37. The van der Waals surface area contributed by atoms with Gasteiger partial charge in [-0.15, -0.1) is 0 Å².